The van der Waals surface area contributed by atoms with Crippen molar-refractivity contribution in [2.75, 3.05) is 6.54 Å². The molecule has 1 aromatic carbocycles. The Labute approximate surface area is 127 Å². The van der Waals surface area contributed by atoms with E-state index in [1.807, 2.05) is 24.3 Å². The van der Waals surface area contributed by atoms with Gasteiger partial charge in [0.05, 0.1) is 5.69 Å². The van der Waals surface area contributed by atoms with Crippen molar-refractivity contribution in [2.45, 2.75) is 24.1 Å². The second-order valence-corrected chi connectivity index (χ2v) is 8.41. The van der Waals surface area contributed by atoms with Crippen molar-refractivity contribution in [1.82, 2.24) is 9.29 Å². The zero-order valence-electron chi connectivity index (χ0n) is 10.8. The first-order valence-electron chi connectivity index (χ1n) is 6.18. The van der Waals surface area contributed by atoms with Crippen LogP contribution in [0.15, 0.2) is 28.5 Å². The van der Waals surface area contributed by atoms with Gasteiger partial charge in [0.15, 0.2) is 8.68 Å². The molecule has 0 N–H and O–H groups in total. The van der Waals surface area contributed by atoms with E-state index in [0.29, 0.717) is 18.8 Å². The summed E-state index contributed by atoms with van der Waals surface area (Å²) >= 11 is 6.84. The van der Waals surface area contributed by atoms with Gasteiger partial charge in [-0.1, -0.05) is 47.2 Å². The fourth-order valence-corrected chi connectivity index (χ4v) is 5.68. The van der Waals surface area contributed by atoms with Crippen LogP contribution in [0.25, 0.3) is 0 Å². The molecule has 2 heterocycles. The second-order valence-electron chi connectivity index (χ2n) is 4.70. The molecule has 0 unspecified atom stereocenters. The molecule has 1 aliphatic rings. The Hall–Kier alpha value is -0.950. The van der Waals surface area contributed by atoms with E-state index >= 15 is 0 Å². The normalized spacial score (nSPS) is 16.1. The van der Waals surface area contributed by atoms with Crippen molar-refractivity contribution in [3.05, 3.63) is 45.6 Å². The monoisotopic (exact) mass is 328 g/mol. The first kappa shape index (κ1) is 14.0. The number of aromatic nitrogens is 1. The fourth-order valence-electron chi connectivity index (χ4n) is 2.38. The van der Waals surface area contributed by atoms with Gasteiger partial charge < -0.3 is 0 Å². The Bertz CT molecular complexity index is 755. The summed E-state index contributed by atoms with van der Waals surface area (Å²) in [6.45, 7) is 2.58. The molecule has 0 radical (unpaired) electrons. The van der Waals surface area contributed by atoms with E-state index in [4.69, 9.17) is 11.6 Å². The number of sulfonamides is 1. The van der Waals surface area contributed by atoms with Gasteiger partial charge in [0, 0.05) is 13.1 Å². The lowest BCUT2D eigenvalue weighted by Gasteiger charge is -2.27. The van der Waals surface area contributed by atoms with E-state index in [2.05, 4.69) is 4.98 Å². The number of fused-ring (bicyclic) bond motifs is 1. The minimum absolute atomic E-state index is 0.252. The highest BCUT2D eigenvalue weighted by Crippen LogP contribution is 2.31. The molecule has 7 heteroatoms. The number of benzene rings is 1. The Balaban J connectivity index is 1.96. The van der Waals surface area contributed by atoms with Gasteiger partial charge in [-0.15, -0.1) is 0 Å². The topological polar surface area (TPSA) is 50.3 Å². The van der Waals surface area contributed by atoms with Gasteiger partial charge in [-0.2, -0.15) is 4.31 Å². The molecule has 2 aromatic rings. The molecule has 0 aliphatic carbocycles. The van der Waals surface area contributed by atoms with Crippen LogP contribution in [0.4, 0.5) is 0 Å². The number of hydrogen-bond acceptors (Lipinski definition) is 4. The molecule has 0 saturated heterocycles. The summed E-state index contributed by atoms with van der Waals surface area (Å²) in [5.74, 6) is 0. The van der Waals surface area contributed by atoms with E-state index in [1.54, 1.807) is 6.92 Å². The van der Waals surface area contributed by atoms with Gasteiger partial charge in [-0.3, -0.25) is 0 Å². The van der Waals surface area contributed by atoms with E-state index in [0.717, 1.165) is 23.3 Å². The summed E-state index contributed by atoms with van der Waals surface area (Å²) in [5.41, 5.74) is 2.76. The minimum Gasteiger partial charge on any atom is -0.229 e. The molecular formula is C13H13ClN2O2S2. The number of thiazole rings is 1. The maximum Gasteiger partial charge on any atom is 0.254 e. The average molecular weight is 329 g/mol. The summed E-state index contributed by atoms with van der Waals surface area (Å²) in [6, 6.07) is 7.94. The van der Waals surface area contributed by atoms with Gasteiger partial charge >= 0.3 is 0 Å². The number of rotatable bonds is 2. The van der Waals surface area contributed by atoms with E-state index in [9.17, 15) is 8.42 Å². The zero-order valence-corrected chi connectivity index (χ0v) is 13.2. The van der Waals surface area contributed by atoms with Gasteiger partial charge in [0.1, 0.15) is 0 Å². The molecule has 0 atom stereocenters. The highest BCUT2D eigenvalue weighted by atomic mass is 35.5. The summed E-state index contributed by atoms with van der Waals surface area (Å²) < 4.78 is 27.4. The van der Waals surface area contributed by atoms with Crippen LogP contribution in [0.3, 0.4) is 0 Å². The maximum atomic E-state index is 12.7. The average Bonchev–Trinajstić information content (AvgIpc) is 2.78. The summed E-state index contributed by atoms with van der Waals surface area (Å²) in [7, 11) is -3.51. The summed E-state index contributed by atoms with van der Waals surface area (Å²) in [5, 5.41) is 0. The molecule has 0 spiro atoms. The predicted molar refractivity (Wildman–Crippen MR) is 79.6 cm³/mol. The van der Waals surface area contributed by atoms with Crippen LogP contribution >= 0.6 is 22.9 Å². The van der Waals surface area contributed by atoms with Gasteiger partial charge in [-0.25, -0.2) is 13.4 Å². The number of halogens is 1. The smallest absolute Gasteiger partial charge is 0.229 e. The highest BCUT2D eigenvalue weighted by molar-refractivity contribution is 7.91. The molecular weight excluding hydrogens is 316 g/mol. The quantitative estimate of drug-likeness (QED) is 0.851. The number of hydrogen-bond donors (Lipinski definition) is 0. The van der Waals surface area contributed by atoms with Crippen LogP contribution in [-0.2, 0) is 23.0 Å². The molecule has 4 nitrogen and oxygen atoms in total. The lowest BCUT2D eigenvalue weighted by Crippen LogP contribution is -2.35. The second kappa shape index (κ2) is 5.11. The fraction of sp³-hybridized carbons (Fsp3) is 0.308. The third kappa shape index (κ3) is 2.37. The highest BCUT2D eigenvalue weighted by Gasteiger charge is 2.31. The van der Waals surface area contributed by atoms with Gasteiger partial charge in [0.2, 0.25) is 0 Å². The largest absolute Gasteiger partial charge is 0.254 e. The number of nitrogens with zero attached hydrogens (tertiary/aromatic N) is 2. The third-order valence-corrected chi connectivity index (χ3v) is 7.09. The predicted octanol–water partition coefficient (Wildman–Crippen LogP) is 2.85. The molecule has 0 fully saturated rings. The standard InChI is InChI=1S/C13H13ClN2O2S2/c1-9-12(19-13(14)15-9)20(17,18)16-7-6-10-4-2-3-5-11(10)8-16/h2-5H,6-8H2,1H3. The van der Waals surface area contributed by atoms with Crippen molar-refractivity contribution in [3.8, 4) is 0 Å². The van der Waals surface area contributed by atoms with Crippen molar-refractivity contribution in [3.63, 3.8) is 0 Å². The van der Waals surface area contributed by atoms with Crippen LogP contribution in [0.2, 0.25) is 4.47 Å². The van der Waals surface area contributed by atoms with Crippen LogP contribution in [0, 0.1) is 6.92 Å². The SMILES string of the molecule is Cc1nc(Cl)sc1S(=O)(=O)N1CCc2ccccc2C1. The van der Waals surface area contributed by atoms with Crippen LogP contribution in [-0.4, -0.2) is 24.3 Å². The van der Waals surface area contributed by atoms with Crippen molar-refractivity contribution < 1.29 is 8.42 Å². The van der Waals surface area contributed by atoms with E-state index in [1.165, 1.54) is 9.87 Å². The molecule has 1 aromatic heterocycles. The van der Waals surface area contributed by atoms with Gasteiger partial charge in [-0.05, 0) is 24.5 Å². The third-order valence-electron chi connectivity index (χ3n) is 3.40. The lowest BCUT2D eigenvalue weighted by atomic mass is 10.0. The molecule has 106 valence electrons. The summed E-state index contributed by atoms with van der Waals surface area (Å²) in [4.78, 5) is 3.99. The first-order valence-corrected chi connectivity index (χ1v) is 8.82. The Morgan fingerprint density at radius 3 is 2.65 bits per heavy atom. The Kier molecular flexibility index (Phi) is 3.58. The number of aryl methyl sites for hydroxylation is 1. The van der Waals surface area contributed by atoms with Crippen LogP contribution < -0.4 is 0 Å². The lowest BCUT2D eigenvalue weighted by molar-refractivity contribution is 0.392. The zero-order chi connectivity index (χ0) is 14.3. The molecule has 20 heavy (non-hydrogen) atoms. The Morgan fingerprint density at radius 2 is 2.00 bits per heavy atom. The van der Waals surface area contributed by atoms with Crippen molar-refractivity contribution in [2.24, 2.45) is 0 Å². The van der Waals surface area contributed by atoms with Crippen LogP contribution in [0.1, 0.15) is 16.8 Å². The van der Waals surface area contributed by atoms with E-state index in [-0.39, 0.29) is 8.68 Å². The maximum absolute atomic E-state index is 12.7. The summed E-state index contributed by atoms with van der Waals surface area (Å²) in [6.07, 6.45) is 0.737. The Morgan fingerprint density at radius 1 is 1.30 bits per heavy atom. The molecule has 0 amide bonds. The van der Waals surface area contributed by atoms with Crippen molar-refractivity contribution >= 4 is 33.0 Å². The van der Waals surface area contributed by atoms with Crippen LogP contribution in [0.5, 0.6) is 0 Å². The molecule has 0 saturated carbocycles. The minimum atomic E-state index is -3.51. The first-order chi connectivity index (χ1) is 9.48. The molecule has 0 bridgehead atoms. The van der Waals surface area contributed by atoms with E-state index < -0.39 is 10.0 Å². The molecule has 1 aliphatic heterocycles. The van der Waals surface area contributed by atoms with Crippen molar-refractivity contribution in [1.29, 1.82) is 0 Å². The van der Waals surface area contributed by atoms with Gasteiger partial charge in [0.25, 0.3) is 10.0 Å². The molecule has 3 rings (SSSR count).